The Bertz CT molecular complexity index is 719. The first-order valence-corrected chi connectivity index (χ1v) is 9.33. The Hall–Kier alpha value is -1.06. The van der Waals surface area contributed by atoms with Gasteiger partial charge in [-0.3, -0.25) is 9.80 Å². The third-order valence-corrected chi connectivity index (χ3v) is 6.02. The van der Waals surface area contributed by atoms with Crippen molar-refractivity contribution in [3.05, 3.63) is 69.7 Å². The molecule has 1 saturated carbocycles. The van der Waals surface area contributed by atoms with Crippen LogP contribution in [0.5, 0.6) is 0 Å². The fourth-order valence-corrected chi connectivity index (χ4v) is 4.48. The molecule has 1 aliphatic heterocycles. The molecule has 0 spiro atoms. The summed E-state index contributed by atoms with van der Waals surface area (Å²) in [7, 11) is 2.19. The molecule has 2 aromatic carbocycles. The van der Waals surface area contributed by atoms with Crippen molar-refractivity contribution in [3.8, 4) is 0 Å². The minimum atomic E-state index is 0.334. The summed E-state index contributed by atoms with van der Waals surface area (Å²) >= 11 is 12.5. The summed E-state index contributed by atoms with van der Waals surface area (Å²) in [6.45, 7) is 3.24. The molecular formula is C20H22Cl2N2. The van der Waals surface area contributed by atoms with E-state index in [1.54, 1.807) is 0 Å². The number of halogens is 2. The van der Waals surface area contributed by atoms with Gasteiger partial charge in [-0.15, -0.1) is 0 Å². The molecule has 4 heteroatoms. The van der Waals surface area contributed by atoms with Crippen LogP contribution in [-0.4, -0.2) is 42.5 Å². The number of hydrogen-bond acceptors (Lipinski definition) is 2. The van der Waals surface area contributed by atoms with Gasteiger partial charge in [0.15, 0.2) is 0 Å². The lowest BCUT2D eigenvalue weighted by atomic mass is 10.0. The lowest BCUT2D eigenvalue weighted by Gasteiger charge is -2.40. The summed E-state index contributed by atoms with van der Waals surface area (Å²) in [4.78, 5) is 5.05. The van der Waals surface area contributed by atoms with Gasteiger partial charge in [-0.2, -0.15) is 0 Å². The van der Waals surface area contributed by atoms with Crippen molar-refractivity contribution in [3.63, 3.8) is 0 Å². The number of piperazine rings is 1. The molecule has 2 aliphatic rings. The molecule has 0 amide bonds. The average molecular weight is 361 g/mol. The summed E-state index contributed by atoms with van der Waals surface area (Å²) in [6, 6.07) is 17.8. The first-order chi connectivity index (χ1) is 11.6. The highest BCUT2D eigenvalue weighted by molar-refractivity contribution is 6.35. The average Bonchev–Trinajstić information content (AvgIpc) is 3.37. The quantitative estimate of drug-likeness (QED) is 0.772. The Morgan fingerprint density at radius 1 is 1.00 bits per heavy atom. The normalized spacial score (nSPS) is 28.0. The van der Waals surface area contributed by atoms with Crippen LogP contribution in [0, 0.1) is 0 Å². The van der Waals surface area contributed by atoms with E-state index in [4.69, 9.17) is 23.2 Å². The highest BCUT2D eigenvalue weighted by Gasteiger charge is 2.44. The van der Waals surface area contributed by atoms with Crippen molar-refractivity contribution in [2.24, 2.45) is 0 Å². The maximum absolute atomic E-state index is 6.47. The second-order valence-corrected chi connectivity index (χ2v) is 7.82. The Balaban J connectivity index is 1.50. The van der Waals surface area contributed by atoms with Gasteiger partial charge < -0.3 is 0 Å². The van der Waals surface area contributed by atoms with Gasteiger partial charge in [0.25, 0.3) is 0 Å². The molecule has 2 nitrogen and oxygen atoms in total. The summed E-state index contributed by atoms with van der Waals surface area (Å²) in [6.07, 6.45) is 1.27. The van der Waals surface area contributed by atoms with E-state index in [1.165, 1.54) is 17.5 Å². The second kappa shape index (κ2) is 6.68. The van der Waals surface area contributed by atoms with E-state index in [-0.39, 0.29) is 0 Å². The van der Waals surface area contributed by atoms with Gasteiger partial charge >= 0.3 is 0 Å². The topological polar surface area (TPSA) is 6.48 Å². The minimum absolute atomic E-state index is 0.334. The molecule has 3 atom stereocenters. The van der Waals surface area contributed by atoms with Crippen LogP contribution in [0.1, 0.15) is 29.5 Å². The third-order valence-electron chi connectivity index (χ3n) is 5.45. The summed E-state index contributed by atoms with van der Waals surface area (Å²) < 4.78 is 0. The van der Waals surface area contributed by atoms with Crippen LogP contribution in [0.15, 0.2) is 48.5 Å². The molecule has 1 heterocycles. The zero-order valence-electron chi connectivity index (χ0n) is 13.8. The van der Waals surface area contributed by atoms with Crippen LogP contribution in [0.3, 0.4) is 0 Å². The Labute approximate surface area is 154 Å². The standard InChI is InChI=1S/C20H22Cl2N2/c1-23-9-10-24(19-12-17(19)14-5-3-2-4-6-14)13-20(23)16-8-7-15(21)11-18(16)22/h2-8,11,17,19-20H,9-10,12-13H2,1H3/t17-,19+,20?/m0/s1. The first-order valence-electron chi connectivity index (χ1n) is 8.57. The van der Waals surface area contributed by atoms with Crippen molar-refractivity contribution in [2.45, 2.75) is 24.4 Å². The van der Waals surface area contributed by atoms with Crippen molar-refractivity contribution < 1.29 is 0 Å². The zero-order valence-corrected chi connectivity index (χ0v) is 15.3. The Morgan fingerprint density at radius 2 is 1.79 bits per heavy atom. The molecule has 1 saturated heterocycles. The molecule has 0 N–H and O–H groups in total. The number of nitrogens with zero attached hydrogens (tertiary/aromatic N) is 2. The van der Waals surface area contributed by atoms with Crippen LogP contribution in [0.4, 0.5) is 0 Å². The van der Waals surface area contributed by atoms with Gasteiger partial charge in [0.2, 0.25) is 0 Å². The smallest absolute Gasteiger partial charge is 0.0487 e. The van der Waals surface area contributed by atoms with E-state index in [2.05, 4.69) is 53.2 Å². The largest absolute Gasteiger partial charge is 0.297 e. The maximum atomic E-state index is 6.47. The first kappa shape index (κ1) is 16.4. The number of hydrogen-bond donors (Lipinski definition) is 0. The van der Waals surface area contributed by atoms with E-state index >= 15 is 0 Å². The molecule has 0 aromatic heterocycles. The van der Waals surface area contributed by atoms with Crippen molar-refractivity contribution in [1.29, 1.82) is 0 Å². The lowest BCUT2D eigenvalue weighted by molar-refractivity contribution is 0.0887. The summed E-state index contributed by atoms with van der Waals surface area (Å²) in [5.41, 5.74) is 2.66. The SMILES string of the molecule is CN1CCN([C@@H]2C[C@H]2c2ccccc2)CC1c1ccc(Cl)cc1Cl. The highest BCUT2D eigenvalue weighted by Crippen LogP contribution is 2.46. The van der Waals surface area contributed by atoms with Gasteiger partial charge in [-0.1, -0.05) is 59.6 Å². The predicted octanol–water partition coefficient (Wildman–Crippen LogP) is 4.84. The van der Waals surface area contributed by atoms with Gasteiger partial charge in [-0.25, -0.2) is 0 Å². The van der Waals surface area contributed by atoms with Gasteiger partial charge in [0, 0.05) is 47.7 Å². The van der Waals surface area contributed by atoms with E-state index in [0.717, 1.165) is 24.7 Å². The fraction of sp³-hybridized carbons (Fsp3) is 0.400. The molecular weight excluding hydrogens is 339 g/mol. The number of likely N-dealkylation sites (N-methyl/N-ethyl adjacent to an activating group) is 1. The molecule has 24 heavy (non-hydrogen) atoms. The lowest BCUT2D eigenvalue weighted by Crippen LogP contribution is -2.47. The number of benzene rings is 2. The van der Waals surface area contributed by atoms with Crippen LogP contribution in [0.25, 0.3) is 0 Å². The van der Waals surface area contributed by atoms with Crippen molar-refractivity contribution >= 4 is 23.2 Å². The summed E-state index contributed by atoms with van der Waals surface area (Å²) in [5, 5.41) is 1.47. The fourth-order valence-electron chi connectivity index (χ4n) is 3.95. The summed E-state index contributed by atoms with van der Waals surface area (Å²) in [5.74, 6) is 0.691. The zero-order chi connectivity index (χ0) is 16.7. The minimum Gasteiger partial charge on any atom is -0.297 e. The van der Waals surface area contributed by atoms with Crippen LogP contribution in [-0.2, 0) is 0 Å². The van der Waals surface area contributed by atoms with Crippen LogP contribution in [0.2, 0.25) is 10.0 Å². The van der Waals surface area contributed by atoms with Gasteiger partial charge in [-0.05, 0) is 36.7 Å². The third kappa shape index (κ3) is 3.21. The molecule has 1 aliphatic carbocycles. The molecule has 4 rings (SSSR count). The molecule has 2 aromatic rings. The van der Waals surface area contributed by atoms with Crippen LogP contribution < -0.4 is 0 Å². The van der Waals surface area contributed by atoms with Gasteiger partial charge in [0.1, 0.15) is 0 Å². The molecule has 0 radical (unpaired) electrons. The number of rotatable bonds is 3. The van der Waals surface area contributed by atoms with E-state index in [1.807, 2.05) is 12.1 Å². The molecule has 1 unspecified atom stereocenters. The van der Waals surface area contributed by atoms with E-state index in [9.17, 15) is 0 Å². The predicted molar refractivity (Wildman–Crippen MR) is 101 cm³/mol. The highest BCUT2D eigenvalue weighted by atomic mass is 35.5. The second-order valence-electron chi connectivity index (χ2n) is 6.98. The Morgan fingerprint density at radius 3 is 2.54 bits per heavy atom. The van der Waals surface area contributed by atoms with Gasteiger partial charge in [0.05, 0.1) is 0 Å². The molecule has 0 bridgehead atoms. The van der Waals surface area contributed by atoms with Crippen LogP contribution >= 0.6 is 23.2 Å². The maximum Gasteiger partial charge on any atom is 0.0487 e. The van der Waals surface area contributed by atoms with Crippen molar-refractivity contribution in [1.82, 2.24) is 9.80 Å². The molecule has 126 valence electrons. The van der Waals surface area contributed by atoms with Crippen molar-refractivity contribution in [2.75, 3.05) is 26.7 Å². The monoisotopic (exact) mass is 360 g/mol. The van der Waals surface area contributed by atoms with E-state index < -0.39 is 0 Å². The molecule has 2 fully saturated rings. The van der Waals surface area contributed by atoms with E-state index in [0.29, 0.717) is 23.0 Å². The Kier molecular flexibility index (Phi) is 4.57.